The fraction of sp³-hybridized carbons (Fsp3) is 0.179. The number of ether oxygens (including phenoxy) is 3. The van der Waals surface area contributed by atoms with E-state index in [2.05, 4.69) is 23.2 Å². The van der Waals surface area contributed by atoms with Gasteiger partial charge in [0.2, 0.25) is 0 Å². The van der Waals surface area contributed by atoms with E-state index in [0.29, 0.717) is 37.7 Å². The number of aliphatic hydroxyl groups is 1. The van der Waals surface area contributed by atoms with Gasteiger partial charge < -0.3 is 30.0 Å². The van der Waals surface area contributed by atoms with Crippen molar-refractivity contribution < 1.29 is 19.3 Å². The Morgan fingerprint density at radius 2 is 1.32 bits per heavy atom. The zero-order valence-electron chi connectivity index (χ0n) is 26.4. The molecule has 8 heteroatoms. The van der Waals surface area contributed by atoms with Gasteiger partial charge in [0.15, 0.2) is 0 Å². The van der Waals surface area contributed by atoms with Crippen molar-refractivity contribution in [3.8, 4) is 33.8 Å². The van der Waals surface area contributed by atoms with Gasteiger partial charge in [-0.25, -0.2) is 9.97 Å². The fourth-order valence-electron chi connectivity index (χ4n) is 5.44. The second-order valence-electron chi connectivity index (χ2n) is 11.1. The number of methoxy groups -OCH3 is 1. The van der Waals surface area contributed by atoms with Crippen molar-refractivity contribution in [2.75, 3.05) is 39.3 Å². The van der Waals surface area contributed by atoms with Crippen molar-refractivity contribution in [1.29, 1.82) is 0 Å². The van der Waals surface area contributed by atoms with E-state index in [4.69, 9.17) is 35.0 Å². The predicted molar refractivity (Wildman–Crippen MR) is 190 cm³/mol. The molecule has 2 aromatic heterocycles. The average Bonchev–Trinajstić information content (AvgIpc) is 3.85. The Bertz CT molecular complexity index is 1980. The SMILES string of the molecule is COCCCOc1cccc(-c2c3nc(ccccc(N)c(-c4cccc(OCCCO)c4)c4nc(cc5ccc2[nH]5)C=C4)C=C3)c1. The highest BCUT2D eigenvalue weighted by atomic mass is 16.5. The Labute approximate surface area is 274 Å². The van der Waals surface area contributed by atoms with Gasteiger partial charge in [-0.05, 0) is 90.0 Å². The van der Waals surface area contributed by atoms with Crippen LogP contribution in [0, 0.1) is 0 Å². The van der Waals surface area contributed by atoms with E-state index < -0.39 is 0 Å². The van der Waals surface area contributed by atoms with Crippen LogP contribution >= 0.6 is 0 Å². The number of H-pyrrole nitrogens is 1. The maximum absolute atomic E-state index is 9.16. The largest absolute Gasteiger partial charge is 0.493 e. The molecule has 0 unspecified atom stereocenters. The molecule has 6 rings (SSSR count). The van der Waals surface area contributed by atoms with Crippen molar-refractivity contribution in [2.45, 2.75) is 12.8 Å². The first-order valence-corrected chi connectivity index (χ1v) is 15.7. The number of nitrogens with two attached hydrogens (primary N) is 1. The summed E-state index contributed by atoms with van der Waals surface area (Å²) in [6.07, 6.45) is 9.37. The van der Waals surface area contributed by atoms with E-state index in [0.717, 1.165) is 68.2 Å². The van der Waals surface area contributed by atoms with E-state index in [-0.39, 0.29) is 6.61 Å². The minimum absolute atomic E-state index is 0.0772. The molecule has 8 nitrogen and oxygen atoms in total. The molecule has 0 aliphatic carbocycles. The minimum Gasteiger partial charge on any atom is -0.493 e. The zero-order valence-corrected chi connectivity index (χ0v) is 26.4. The summed E-state index contributed by atoms with van der Waals surface area (Å²) in [5.41, 5.74) is 16.0. The van der Waals surface area contributed by atoms with E-state index in [1.165, 1.54) is 0 Å². The molecule has 0 spiro atoms. The van der Waals surface area contributed by atoms with Gasteiger partial charge in [0.05, 0.1) is 36.0 Å². The molecule has 4 N–H and O–H groups in total. The minimum atomic E-state index is 0.0772. The maximum atomic E-state index is 9.16. The average molecular weight is 627 g/mol. The van der Waals surface area contributed by atoms with Crippen LogP contribution in [0.4, 0.5) is 5.69 Å². The third-order valence-electron chi connectivity index (χ3n) is 7.64. The zero-order chi connectivity index (χ0) is 32.4. The van der Waals surface area contributed by atoms with E-state index in [9.17, 15) is 0 Å². The monoisotopic (exact) mass is 626 g/mol. The highest BCUT2D eigenvalue weighted by Gasteiger charge is 2.13. The molecule has 6 bridgehead atoms. The van der Waals surface area contributed by atoms with Crippen LogP contribution < -0.4 is 15.2 Å². The summed E-state index contributed by atoms with van der Waals surface area (Å²) >= 11 is 0. The molecule has 0 fully saturated rings. The fourth-order valence-corrected chi connectivity index (χ4v) is 5.44. The number of aromatic nitrogens is 3. The number of nitrogen functional groups attached to an aromatic ring is 1. The van der Waals surface area contributed by atoms with Gasteiger partial charge in [-0.3, -0.25) is 0 Å². The van der Waals surface area contributed by atoms with Crippen molar-refractivity contribution >= 4 is 41.0 Å². The second-order valence-corrected chi connectivity index (χ2v) is 11.1. The van der Waals surface area contributed by atoms with Crippen LogP contribution in [0.15, 0.2) is 91.0 Å². The molecule has 238 valence electrons. The summed E-state index contributed by atoms with van der Waals surface area (Å²) in [7, 11) is 1.69. The summed E-state index contributed by atoms with van der Waals surface area (Å²) in [5.74, 6) is 1.50. The van der Waals surface area contributed by atoms with Gasteiger partial charge in [0.1, 0.15) is 11.5 Å². The van der Waals surface area contributed by atoms with E-state index in [1.807, 2.05) is 97.1 Å². The standard InChI is InChI=1S/C39H38N4O4/c1-45-21-7-23-47-33-12-5-9-28(25-33)39-36-17-14-29(41-36)10-2-3-13-34(40)38(27-8-4-11-32(24-27)46-22-6-20-44)35-18-15-30(42-35)26-31-16-19-37(39)43-31/h2-5,8-19,24-26,43-44H,6-7,20-23,40H2,1H3. The van der Waals surface area contributed by atoms with Gasteiger partial charge in [-0.1, -0.05) is 36.4 Å². The molecule has 0 saturated heterocycles. The van der Waals surface area contributed by atoms with E-state index >= 15 is 0 Å². The lowest BCUT2D eigenvalue weighted by atomic mass is 10.0. The maximum Gasteiger partial charge on any atom is 0.119 e. The number of hydrogen-bond acceptors (Lipinski definition) is 7. The number of aromatic amines is 1. The summed E-state index contributed by atoms with van der Waals surface area (Å²) in [5, 5.41) is 9.16. The van der Waals surface area contributed by atoms with Gasteiger partial charge in [-0.2, -0.15) is 0 Å². The molecule has 4 aromatic rings. The first-order chi connectivity index (χ1) is 23.1. The first kappa shape index (κ1) is 31.5. The lowest BCUT2D eigenvalue weighted by Crippen LogP contribution is -2.01. The molecule has 2 aliphatic heterocycles. The molecular weight excluding hydrogens is 588 g/mol. The lowest BCUT2D eigenvalue weighted by molar-refractivity contribution is 0.172. The van der Waals surface area contributed by atoms with Crippen LogP contribution in [0.1, 0.15) is 35.6 Å². The lowest BCUT2D eigenvalue weighted by Gasteiger charge is -2.09. The van der Waals surface area contributed by atoms with Crippen molar-refractivity contribution in [3.05, 3.63) is 114 Å². The van der Waals surface area contributed by atoms with Crippen molar-refractivity contribution in [3.63, 3.8) is 0 Å². The number of nitrogens with zero attached hydrogens (tertiary/aromatic N) is 2. The topological polar surface area (TPSA) is 116 Å². The smallest absolute Gasteiger partial charge is 0.119 e. The Kier molecular flexibility index (Phi) is 10.2. The quantitative estimate of drug-likeness (QED) is 0.126. The van der Waals surface area contributed by atoms with E-state index in [1.54, 1.807) is 7.11 Å². The molecule has 0 atom stereocenters. The Balaban J connectivity index is 1.49. The highest BCUT2D eigenvalue weighted by molar-refractivity contribution is 5.91. The molecule has 2 aliphatic rings. The van der Waals surface area contributed by atoms with Crippen LogP contribution in [0.2, 0.25) is 0 Å². The summed E-state index contributed by atoms with van der Waals surface area (Å²) < 4.78 is 17.0. The third kappa shape index (κ3) is 7.87. The Hall–Kier alpha value is -5.44. The van der Waals surface area contributed by atoms with Gasteiger partial charge >= 0.3 is 0 Å². The Morgan fingerprint density at radius 3 is 2.06 bits per heavy atom. The number of fused-ring (bicyclic) bond motifs is 6. The molecule has 4 heterocycles. The normalized spacial score (nSPS) is 11.7. The van der Waals surface area contributed by atoms with Crippen molar-refractivity contribution in [1.82, 2.24) is 15.0 Å². The molecule has 47 heavy (non-hydrogen) atoms. The Morgan fingerprint density at radius 1 is 0.660 bits per heavy atom. The predicted octanol–water partition coefficient (Wildman–Crippen LogP) is 7.83. The van der Waals surface area contributed by atoms with Crippen LogP contribution in [-0.4, -0.2) is 53.6 Å². The van der Waals surface area contributed by atoms with Crippen molar-refractivity contribution in [2.24, 2.45) is 0 Å². The molecule has 0 radical (unpaired) electrons. The summed E-state index contributed by atoms with van der Waals surface area (Å²) in [6, 6.07) is 29.7. The third-order valence-corrected chi connectivity index (χ3v) is 7.64. The highest BCUT2D eigenvalue weighted by Crippen LogP contribution is 2.34. The molecule has 0 amide bonds. The molecule has 2 aromatic carbocycles. The number of hydrogen-bond donors (Lipinski definition) is 3. The van der Waals surface area contributed by atoms with Crippen LogP contribution in [-0.2, 0) is 4.74 Å². The van der Waals surface area contributed by atoms with Gasteiger partial charge in [0, 0.05) is 61.0 Å². The second kappa shape index (κ2) is 15.2. The number of benzene rings is 2. The number of nitrogens with one attached hydrogen (secondary N) is 1. The van der Waals surface area contributed by atoms with Gasteiger partial charge in [-0.15, -0.1) is 0 Å². The molecule has 0 saturated carbocycles. The number of anilines is 1. The summed E-state index contributed by atoms with van der Waals surface area (Å²) in [6.45, 7) is 1.73. The number of aliphatic hydroxyl groups excluding tert-OH is 1. The van der Waals surface area contributed by atoms with Crippen LogP contribution in [0.25, 0.3) is 57.6 Å². The van der Waals surface area contributed by atoms with Crippen LogP contribution in [0.3, 0.4) is 0 Å². The molecular formula is C39H38N4O4. The van der Waals surface area contributed by atoms with Gasteiger partial charge in [0.25, 0.3) is 0 Å². The van der Waals surface area contributed by atoms with Crippen LogP contribution in [0.5, 0.6) is 11.5 Å². The number of rotatable bonds is 11. The first-order valence-electron chi connectivity index (χ1n) is 15.7. The summed E-state index contributed by atoms with van der Waals surface area (Å²) in [4.78, 5) is 13.5.